The van der Waals surface area contributed by atoms with Crippen molar-refractivity contribution in [3.8, 4) is 0 Å². The van der Waals surface area contributed by atoms with Crippen LogP contribution >= 0.6 is 0 Å². The molecule has 1 fully saturated rings. The highest BCUT2D eigenvalue weighted by molar-refractivity contribution is 6.76. The van der Waals surface area contributed by atoms with Gasteiger partial charge in [-0.2, -0.15) is 5.10 Å². The van der Waals surface area contributed by atoms with Gasteiger partial charge < -0.3 is 9.47 Å². The van der Waals surface area contributed by atoms with Crippen molar-refractivity contribution in [2.75, 3.05) is 32.9 Å². The Bertz CT molecular complexity index is 1380. The molecular weight excluding hydrogens is 522 g/mol. The predicted molar refractivity (Wildman–Crippen MR) is 172 cm³/mol. The molecule has 5 nitrogen and oxygen atoms in total. The molecule has 0 bridgehead atoms. The highest BCUT2D eigenvalue weighted by atomic mass is 28.3. The molecule has 1 aliphatic rings. The standard InChI is InChI=1S/C35H47N3O2Si/c1-29-22-34-32(25-36-38(34)28-40-19-11-18-39-20-21-41(2,3)4)23-33(29)35(24-30-12-7-5-8-13-30)16-17-37(27-35)26-31-14-9-6-10-15-31/h5-10,12-15,22-23,25H,11,16-21,24,26-28H2,1-4H3. The summed E-state index contributed by atoms with van der Waals surface area (Å²) in [6.07, 6.45) is 5.12. The summed E-state index contributed by atoms with van der Waals surface area (Å²) in [4.78, 5) is 2.63. The zero-order valence-electron chi connectivity index (χ0n) is 25.4. The maximum Gasteiger partial charge on any atom is 0.140 e. The molecule has 0 amide bonds. The third kappa shape index (κ3) is 7.95. The number of hydrogen-bond acceptors (Lipinski definition) is 4. The Hall–Kier alpha value is -2.77. The molecule has 1 aromatic heterocycles. The summed E-state index contributed by atoms with van der Waals surface area (Å²) in [5, 5.41) is 5.90. The molecule has 4 aromatic rings. The summed E-state index contributed by atoms with van der Waals surface area (Å²) in [7, 11) is -1.03. The van der Waals surface area contributed by atoms with E-state index in [1.165, 1.54) is 33.7 Å². The first-order valence-corrected chi connectivity index (χ1v) is 18.9. The van der Waals surface area contributed by atoms with Crippen LogP contribution in [0.1, 0.15) is 35.1 Å². The number of hydrogen-bond donors (Lipinski definition) is 0. The van der Waals surface area contributed by atoms with Gasteiger partial charge in [0.1, 0.15) is 6.73 Å². The quantitative estimate of drug-likeness (QED) is 0.117. The van der Waals surface area contributed by atoms with Gasteiger partial charge in [-0.25, -0.2) is 4.68 Å². The normalized spacial score (nSPS) is 18.0. The van der Waals surface area contributed by atoms with Crippen LogP contribution in [-0.2, 0) is 34.6 Å². The minimum Gasteiger partial charge on any atom is -0.382 e. The lowest BCUT2D eigenvalue weighted by atomic mass is 9.73. The van der Waals surface area contributed by atoms with Gasteiger partial charge in [0, 0.05) is 45.2 Å². The van der Waals surface area contributed by atoms with Gasteiger partial charge >= 0.3 is 0 Å². The second-order valence-corrected chi connectivity index (χ2v) is 18.7. The molecule has 6 heteroatoms. The number of nitrogens with zero attached hydrogens (tertiary/aromatic N) is 3. The maximum absolute atomic E-state index is 6.00. The van der Waals surface area contributed by atoms with Gasteiger partial charge in [-0.3, -0.25) is 4.90 Å². The average molecular weight is 570 g/mol. The molecule has 1 saturated heterocycles. The molecule has 5 rings (SSSR count). The van der Waals surface area contributed by atoms with Crippen molar-refractivity contribution < 1.29 is 9.47 Å². The SMILES string of the molecule is Cc1cc2c(cnn2COCCCOCC[Si](C)(C)C)cc1C1(Cc2ccccc2)CCN(Cc2ccccc2)C1. The van der Waals surface area contributed by atoms with E-state index in [0.29, 0.717) is 13.3 Å². The van der Waals surface area contributed by atoms with Crippen molar-refractivity contribution >= 4 is 19.0 Å². The molecular formula is C35H47N3O2Si. The Morgan fingerprint density at radius 2 is 1.59 bits per heavy atom. The molecule has 2 heterocycles. The number of ether oxygens (including phenoxy) is 2. The number of aryl methyl sites for hydroxylation is 1. The van der Waals surface area contributed by atoms with Crippen LogP contribution in [0.4, 0.5) is 0 Å². The first-order chi connectivity index (χ1) is 19.8. The number of rotatable bonds is 14. The number of benzene rings is 3. The van der Waals surface area contributed by atoms with Gasteiger partial charge in [0.15, 0.2) is 0 Å². The summed E-state index contributed by atoms with van der Waals surface area (Å²) < 4.78 is 13.8. The molecule has 0 N–H and O–H groups in total. The number of aromatic nitrogens is 2. The molecule has 41 heavy (non-hydrogen) atoms. The van der Waals surface area contributed by atoms with Crippen molar-refractivity contribution in [1.29, 1.82) is 0 Å². The Morgan fingerprint density at radius 1 is 0.878 bits per heavy atom. The second-order valence-electron chi connectivity index (χ2n) is 13.1. The largest absolute Gasteiger partial charge is 0.382 e. The van der Waals surface area contributed by atoms with Crippen LogP contribution in [0, 0.1) is 6.92 Å². The van der Waals surface area contributed by atoms with Gasteiger partial charge in [0.05, 0.1) is 18.3 Å². The van der Waals surface area contributed by atoms with E-state index in [0.717, 1.165) is 57.6 Å². The Kier molecular flexibility index (Phi) is 9.76. The van der Waals surface area contributed by atoms with Gasteiger partial charge in [0.25, 0.3) is 0 Å². The zero-order chi connectivity index (χ0) is 28.7. The van der Waals surface area contributed by atoms with Crippen LogP contribution in [0.5, 0.6) is 0 Å². The first-order valence-electron chi connectivity index (χ1n) is 15.2. The van der Waals surface area contributed by atoms with E-state index in [-0.39, 0.29) is 5.41 Å². The smallest absolute Gasteiger partial charge is 0.140 e. The lowest BCUT2D eigenvalue weighted by Crippen LogP contribution is -2.34. The molecule has 0 aliphatic carbocycles. The van der Waals surface area contributed by atoms with E-state index in [2.05, 4.69) is 104 Å². The predicted octanol–water partition coefficient (Wildman–Crippen LogP) is 7.45. The fraction of sp³-hybridized carbons (Fsp3) is 0.457. The van der Waals surface area contributed by atoms with E-state index in [1.54, 1.807) is 0 Å². The van der Waals surface area contributed by atoms with E-state index in [1.807, 2.05) is 10.9 Å². The highest BCUT2D eigenvalue weighted by Gasteiger charge is 2.40. The van der Waals surface area contributed by atoms with E-state index in [9.17, 15) is 0 Å². The molecule has 1 atom stereocenters. The van der Waals surface area contributed by atoms with Gasteiger partial charge in [0.2, 0.25) is 0 Å². The fourth-order valence-electron chi connectivity index (χ4n) is 6.18. The van der Waals surface area contributed by atoms with Crippen molar-refractivity contribution in [3.63, 3.8) is 0 Å². The summed E-state index contributed by atoms with van der Waals surface area (Å²) in [6.45, 7) is 15.4. The molecule has 0 radical (unpaired) electrons. The molecule has 0 spiro atoms. The van der Waals surface area contributed by atoms with Crippen molar-refractivity contribution in [1.82, 2.24) is 14.7 Å². The van der Waals surface area contributed by atoms with Gasteiger partial charge in [-0.15, -0.1) is 0 Å². The van der Waals surface area contributed by atoms with Crippen LogP contribution in [0.3, 0.4) is 0 Å². The summed E-state index contributed by atoms with van der Waals surface area (Å²) in [5.41, 5.74) is 6.80. The van der Waals surface area contributed by atoms with Crippen molar-refractivity contribution in [2.24, 2.45) is 0 Å². The molecule has 3 aromatic carbocycles. The van der Waals surface area contributed by atoms with Crippen LogP contribution < -0.4 is 0 Å². The Labute approximate surface area is 247 Å². The van der Waals surface area contributed by atoms with Crippen molar-refractivity contribution in [3.05, 3.63) is 101 Å². The van der Waals surface area contributed by atoms with E-state index >= 15 is 0 Å². The van der Waals surface area contributed by atoms with Gasteiger partial charge in [-0.1, -0.05) is 80.3 Å². The van der Waals surface area contributed by atoms with Crippen molar-refractivity contribution in [2.45, 2.75) is 70.6 Å². The van der Waals surface area contributed by atoms with E-state index in [4.69, 9.17) is 14.6 Å². The molecule has 1 unspecified atom stereocenters. The maximum atomic E-state index is 6.00. The monoisotopic (exact) mass is 569 g/mol. The number of likely N-dealkylation sites (tertiary alicyclic amines) is 1. The third-order valence-electron chi connectivity index (χ3n) is 8.41. The number of fused-ring (bicyclic) bond motifs is 1. The second kappa shape index (κ2) is 13.5. The summed E-state index contributed by atoms with van der Waals surface area (Å²) >= 11 is 0. The summed E-state index contributed by atoms with van der Waals surface area (Å²) in [6, 6.07) is 27.8. The summed E-state index contributed by atoms with van der Waals surface area (Å²) in [5.74, 6) is 0. The zero-order valence-corrected chi connectivity index (χ0v) is 26.4. The van der Waals surface area contributed by atoms with Crippen LogP contribution in [0.2, 0.25) is 25.7 Å². The lowest BCUT2D eigenvalue weighted by molar-refractivity contribution is 0.0489. The van der Waals surface area contributed by atoms with Crippen LogP contribution in [-0.4, -0.2) is 55.7 Å². The van der Waals surface area contributed by atoms with Crippen LogP contribution in [0.15, 0.2) is 79.0 Å². The first kappa shape index (κ1) is 29.7. The van der Waals surface area contributed by atoms with E-state index < -0.39 is 8.07 Å². The minimum absolute atomic E-state index is 0.0719. The topological polar surface area (TPSA) is 39.5 Å². The van der Waals surface area contributed by atoms with Crippen LogP contribution in [0.25, 0.3) is 10.9 Å². The minimum atomic E-state index is -1.03. The fourth-order valence-corrected chi connectivity index (χ4v) is 6.94. The third-order valence-corrected chi connectivity index (χ3v) is 10.1. The Balaban J connectivity index is 1.27. The lowest BCUT2D eigenvalue weighted by Gasteiger charge is -2.32. The molecule has 1 aliphatic heterocycles. The molecule has 218 valence electrons. The molecule has 0 saturated carbocycles. The highest BCUT2D eigenvalue weighted by Crippen LogP contribution is 2.41. The Morgan fingerprint density at radius 3 is 2.32 bits per heavy atom. The average Bonchev–Trinajstić information content (AvgIpc) is 3.54. The van der Waals surface area contributed by atoms with Gasteiger partial charge in [-0.05, 0) is 73.2 Å².